The lowest BCUT2D eigenvalue weighted by atomic mass is 10.1. The van der Waals surface area contributed by atoms with Crippen molar-refractivity contribution in [3.63, 3.8) is 0 Å². The van der Waals surface area contributed by atoms with Crippen LogP contribution in [0.4, 0.5) is 13.2 Å². The zero-order valence-electron chi connectivity index (χ0n) is 16.2. The van der Waals surface area contributed by atoms with Crippen molar-refractivity contribution in [1.82, 2.24) is 9.55 Å². The van der Waals surface area contributed by atoms with Crippen molar-refractivity contribution in [2.75, 3.05) is 6.61 Å². The van der Waals surface area contributed by atoms with Gasteiger partial charge in [-0.05, 0) is 55.0 Å². The van der Waals surface area contributed by atoms with Gasteiger partial charge < -0.3 is 4.74 Å². The van der Waals surface area contributed by atoms with E-state index in [1.165, 1.54) is 23.9 Å². The molecular weight excluding hydrogens is 409 g/mol. The molecule has 0 saturated heterocycles. The van der Waals surface area contributed by atoms with Crippen LogP contribution < -0.4 is 4.74 Å². The molecule has 0 radical (unpaired) electrons. The van der Waals surface area contributed by atoms with Gasteiger partial charge in [0, 0.05) is 11.4 Å². The highest BCUT2D eigenvalue weighted by Crippen LogP contribution is 2.33. The second-order valence-electron chi connectivity index (χ2n) is 6.63. The molecule has 4 aromatic rings. The Balaban J connectivity index is 1.67. The average molecular weight is 428 g/mol. The number of hydrogen-bond acceptors (Lipinski definition) is 3. The zero-order valence-corrected chi connectivity index (χ0v) is 17.0. The lowest BCUT2D eigenvalue weighted by Gasteiger charge is -2.11. The number of ether oxygens (including phenoxy) is 1. The van der Waals surface area contributed by atoms with E-state index in [0.29, 0.717) is 17.9 Å². The summed E-state index contributed by atoms with van der Waals surface area (Å²) in [6, 6.07) is 20.9. The first-order chi connectivity index (χ1) is 14.5. The fourth-order valence-electron chi connectivity index (χ4n) is 3.19. The summed E-state index contributed by atoms with van der Waals surface area (Å²) in [5.41, 5.74) is 2.64. The van der Waals surface area contributed by atoms with E-state index in [-0.39, 0.29) is 0 Å². The smallest absolute Gasteiger partial charge is 0.416 e. The molecule has 3 nitrogen and oxygen atoms in total. The van der Waals surface area contributed by atoms with Gasteiger partial charge in [-0.1, -0.05) is 42.1 Å². The van der Waals surface area contributed by atoms with Crippen molar-refractivity contribution in [2.24, 2.45) is 0 Å². The lowest BCUT2D eigenvalue weighted by molar-refractivity contribution is -0.137. The van der Waals surface area contributed by atoms with Crippen molar-refractivity contribution in [3.8, 4) is 11.4 Å². The number of thioether (sulfide) groups is 1. The number of fused-ring (bicyclic) bond motifs is 1. The van der Waals surface area contributed by atoms with Gasteiger partial charge in [0.1, 0.15) is 5.75 Å². The zero-order chi connectivity index (χ0) is 21.1. The summed E-state index contributed by atoms with van der Waals surface area (Å²) in [6.45, 7) is 2.52. The van der Waals surface area contributed by atoms with Crippen molar-refractivity contribution in [3.05, 3.63) is 83.9 Å². The predicted molar refractivity (Wildman–Crippen MR) is 113 cm³/mol. The highest BCUT2D eigenvalue weighted by atomic mass is 32.2. The number of rotatable bonds is 6. The lowest BCUT2D eigenvalue weighted by Crippen LogP contribution is -2.05. The number of aromatic nitrogens is 2. The second-order valence-corrected chi connectivity index (χ2v) is 7.57. The molecule has 3 aromatic carbocycles. The van der Waals surface area contributed by atoms with Gasteiger partial charge in [-0.2, -0.15) is 13.2 Å². The molecular formula is C23H19F3N2OS. The van der Waals surface area contributed by atoms with Crippen molar-refractivity contribution in [2.45, 2.75) is 24.0 Å². The highest BCUT2D eigenvalue weighted by Gasteiger charge is 2.30. The monoisotopic (exact) mass is 428 g/mol. The maximum atomic E-state index is 13.0. The summed E-state index contributed by atoms with van der Waals surface area (Å²) in [5, 5.41) is 0.720. The molecule has 1 heterocycles. The van der Waals surface area contributed by atoms with E-state index in [9.17, 15) is 13.2 Å². The minimum absolute atomic E-state index is 0.379. The van der Waals surface area contributed by atoms with Gasteiger partial charge in [-0.15, -0.1) is 0 Å². The molecule has 0 aliphatic heterocycles. The molecule has 30 heavy (non-hydrogen) atoms. The van der Waals surface area contributed by atoms with Crippen molar-refractivity contribution in [1.29, 1.82) is 0 Å². The Bertz CT molecular complexity index is 1150. The first-order valence-electron chi connectivity index (χ1n) is 9.45. The standard InChI is InChI=1S/C23H19F3N2OS/c1-2-29-19-12-10-18(11-13-19)28-21-9-4-3-8-20(21)27-22(28)30-15-16-6-5-7-17(14-16)23(24,25)26/h3-14H,2,15H2,1H3. The fraction of sp³-hybridized carbons (Fsp3) is 0.174. The number of halogens is 3. The summed E-state index contributed by atoms with van der Waals surface area (Å²) in [7, 11) is 0. The maximum Gasteiger partial charge on any atom is 0.416 e. The van der Waals surface area contributed by atoms with Gasteiger partial charge in [0.2, 0.25) is 0 Å². The summed E-state index contributed by atoms with van der Waals surface area (Å²) < 4.78 is 46.6. The molecule has 0 spiro atoms. The molecule has 7 heteroatoms. The number of imidazole rings is 1. The van der Waals surface area contributed by atoms with Crippen molar-refractivity contribution < 1.29 is 17.9 Å². The molecule has 0 saturated carbocycles. The van der Waals surface area contributed by atoms with Crippen LogP contribution in [0.2, 0.25) is 0 Å². The van der Waals surface area contributed by atoms with Crippen LogP contribution in [0.1, 0.15) is 18.1 Å². The number of nitrogens with zero attached hydrogens (tertiary/aromatic N) is 2. The molecule has 1 aromatic heterocycles. The Morgan fingerprint density at radius 2 is 1.73 bits per heavy atom. The average Bonchev–Trinajstić information content (AvgIpc) is 3.11. The normalized spacial score (nSPS) is 11.7. The largest absolute Gasteiger partial charge is 0.494 e. The Hall–Kier alpha value is -2.93. The second kappa shape index (κ2) is 8.44. The minimum Gasteiger partial charge on any atom is -0.494 e. The Morgan fingerprint density at radius 1 is 0.967 bits per heavy atom. The van der Waals surface area contributed by atoms with Gasteiger partial charge >= 0.3 is 6.18 Å². The minimum atomic E-state index is -4.35. The van der Waals surface area contributed by atoms with E-state index in [2.05, 4.69) is 0 Å². The summed E-state index contributed by atoms with van der Waals surface area (Å²) in [6.07, 6.45) is -4.35. The van der Waals surface area contributed by atoms with Crippen LogP contribution in [-0.4, -0.2) is 16.2 Å². The number of alkyl halides is 3. The predicted octanol–water partition coefficient (Wildman–Crippen LogP) is 6.74. The molecule has 0 aliphatic carbocycles. The third-order valence-electron chi connectivity index (χ3n) is 4.56. The fourth-order valence-corrected chi connectivity index (χ4v) is 4.16. The molecule has 0 unspecified atom stereocenters. The topological polar surface area (TPSA) is 27.1 Å². The molecule has 0 N–H and O–H groups in total. The SMILES string of the molecule is CCOc1ccc(-n2c(SCc3cccc(C(F)(F)F)c3)nc3ccccc32)cc1. The Morgan fingerprint density at radius 3 is 2.47 bits per heavy atom. The number of benzene rings is 3. The third kappa shape index (κ3) is 4.31. The van der Waals surface area contributed by atoms with E-state index in [1.54, 1.807) is 6.07 Å². The highest BCUT2D eigenvalue weighted by molar-refractivity contribution is 7.98. The molecule has 0 bridgehead atoms. The first-order valence-corrected chi connectivity index (χ1v) is 10.4. The van der Waals surface area contributed by atoms with Crippen LogP contribution in [0.25, 0.3) is 16.7 Å². The van der Waals surface area contributed by atoms with Crippen LogP contribution in [0.3, 0.4) is 0 Å². The molecule has 0 aliphatic rings. The van der Waals surface area contributed by atoms with Gasteiger partial charge in [0.05, 0.1) is 23.2 Å². The Kier molecular flexibility index (Phi) is 5.72. The number of hydrogen-bond donors (Lipinski definition) is 0. The van der Waals surface area contributed by atoms with Crippen LogP contribution >= 0.6 is 11.8 Å². The van der Waals surface area contributed by atoms with Gasteiger partial charge in [-0.3, -0.25) is 4.57 Å². The van der Waals surface area contributed by atoms with E-state index < -0.39 is 11.7 Å². The Labute approximate surface area is 176 Å². The van der Waals surface area contributed by atoms with E-state index >= 15 is 0 Å². The molecule has 0 fully saturated rings. The van der Waals surface area contributed by atoms with Crippen LogP contribution in [0.15, 0.2) is 78.0 Å². The molecule has 4 rings (SSSR count). The number of para-hydroxylation sites is 2. The van der Waals surface area contributed by atoms with E-state index in [4.69, 9.17) is 9.72 Å². The maximum absolute atomic E-state index is 13.0. The van der Waals surface area contributed by atoms with Gasteiger partial charge in [-0.25, -0.2) is 4.98 Å². The van der Waals surface area contributed by atoms with E-state index in [0.717, 1.165) is 33.7 Å². The summed E-state index contributed by atoms with van der Waals surface area (Å²) in [5.74, 6) is 1.16. The van der Waals surface area contributed by atoms with Crippen LogP contribution in [0.5, 0.6) is 5.75 Å². The van der Waals surface area contributed by atoms with Crippen molar-refractivity contribution >= 4 is 22.8 Å². The van der Waals surface area contributed by atoms with Crippen LogP contribution in [-0.2, 0) is 11.9 Å². The summed E-state index contributed by atoms with van der Waals surface area (Å²) in [4.78, 5) is 4.71. The summed E-state index contributed by atoms with van der Waals surface area (Å²) >= 11 is 1.41. The van der Waals surface area contributed by atoms with Crippen LogP contribution in [0, 0.1) is 0 Å². The molecule has 0 atom stereocenters. The van der Waals surface area contributed by atoms with Gasteiger partial charge in [0.25, 0.3) is 0 Å². The quantitative estimate of drug-likeness (QED) is 0.318. The van der Waals surface area contributed by atoms with Gasteiger partial charge in [0.15, 0.2) is 5.16 Å². The van der Waals surface area contributed by atoms with E-state index in [1.807, 2.05) is 60.0 Å². The molecule has 154 valence electrons. The first kappa shape index (κ1) is 20.3. The molecule has 0 amide bonds. The third-order valence-corrected chi connectivity index (χ3v) is 5.57.